The molecule has 2 unspecified atom stereocenters. The van der Waals surface area contributed by atoms with Gasteiger partial charge in [0, 0.05) is 16.8 Å². The largest absolute Gasteiger partial charge is 0.497 e. The third-order valence-electron chi connectivity index (χ3n) is 11.5. The molecule has 1 saturated carbocycles. The second-order valence-corrected chi connectivity index (χ2v) is 16.4. The molecule has 5 rings (SSSR count). The van der Waals surface area contributed by atoms with E-state index in [2.05, 4.69) is 69.6 Å². The van der Waals surface area contributed by atoms with Crippen molar-refractivity contribution < 1.29 is 33.4 Å². The highest BCUT2D eigenvalue weighted by Gasteiger charge is 2.47. The molecule has 57 heavy (non-hydrogen) atoms. The number of methoxy groups -OCH3 is 1. The number of amides is 5. The third-order valence-corrected chi connectivity index (χ3v) is 11.8. The quantitative estimate of drug-likeness (QED) is 0.0602. The summed E-state index contributed by atoms with van der Waals surface area (Å²) in [5.74, 6) is -1.79. The van der Waals surface area contributed by atoms with E-state index in [9.17, 15) is 24.0 Å². The zero-order valence-corrected chi connectivity index (χ0v) is 35.0. The van der Waals surface area contributed by atoms with E-state index in [0.29, 0.717) is 41.3 Å². The fourth-order valence-electron chi connectivity index (χ4n) is 6.98. The van der Waals surface area contributed by atoms with E-state index in [4.69, 9.17) is 21.1 Å². The summed E-state index contributed by atoms with van der Waals surface area (Å²) in [6.45, 7) is 14.9. The van der Waals surface area contributed by atoms with Crippen LogP contribution in [0, 0.1) is 0 Å². The molecule has 11 nitrogen and oxygen atoms in total. The number of carbonyl (C=O) groups is 5. The molecular weight excluding hydrogens is 744 g/mol. The van der Waals surface area contributed by atoms with E-state index >= 15 is 0 Å². The Morgan fingerprint density at radius 1 is 0.842 bits per heavy atom. The number of nitrogens with one attached hydrogen (secondary N) is 3. The fraction of sp³-hybridized carbons (Fsp3) is 0.444. The topological polar surface area (TPSA) is 143 Å². The maximum Gasteiger partial charge on any atom is 0.330 e. The second-order valence-electron chi connectivity index (χ2n) is 16.0. The van der Waals surface area contributed by atoms with Gasteiger partial charge >= 0.3 is 6.03 Å². The van der Waals surface area contributed by atoms with Crippen molar-refractivity contribution in [1.82, 2.24) is 10.2 Å². The highest BCUT2D eigenvalue weighted by molar-refractivity contribution is 6.34. The Morgan fingerprint density at radius 3 is 2.12 bits per heavy atom. The normalized spacial score (nSPS) is 15.8. The van der Waals surface area contributed by atoms with Gasteiger partial charge in [0.1, 0.15) is 17.2 Å². The predicted octanol–water partition coefficient (Wildman–Crippen LogP) is 9.48. The number of Topliss-reactive ketones (excluding diaryl/α,β-unsaturated/α-hetero) is 1. The van der Waals surface area contributed by atoms with Gasteiger partial charge in [-0.2, -0.15) is 0 Å². The molecule has 2 atom stereocenters. The Hall–Kier alpha value is -5.16. The number of imide groups is 1. The molecule has 0 bridgehead atoms. The van der Waals surface area contributed by atoms with Crippen LogP contribution >= 0.6 is 11.6 Å². The van der Waals surface area contributed by atoms with Crippen molar-refractivity contribution in [3.8, 4) is 11.5 Å². The number of ketones is 1. The molecule has 3 aromatic rings. The van der Waals surface area contributed by atoms with Gasteiger partial charge in [0.15, 0.2) is 17.9 Å². The molecule has 5 amide bonds. The lowest BCUT2D eigenvalue weighted by molar-refractivity contribution is -0.129. The van der Waals surface area contributed by atoms with Gasteiger partial charge in [-0.05, 0) is 115 Å². The van der Waals surface area contributed by atoms with Crippen LogP contribution in [-0.2, 0) is 25.2 Å². The maximum absolute atomic E-state index is 14.2. The Kier molecular flexibility index (Phi) is 13.5. The number of hydrogen-bond acceptors (Lipinski definition) is 7. The van der Waals surface area contributed by atoms with Gasteiger partial charge in [-0.3, -0.25) is 19.2 Å². The van der Waals surface area contributed by atoms with Crippen molar-refractivity contribution in [3.05, 3.63) is 93.6 Å². The highest BCUT2D eigenvalue weighted by atomic mass is 35.5. The highest BCUT2D eigenvalue weighted by Crippen LogP contribution is 2.39. The molecule has 0 aromatic heterocycles. The number of rotatable bonds is 15. The number of ether oxygens (including phenoxy) is 2. The van der Waals surface area contributed by atoms with Gasteiger partial charge in [0.25, 0.3) is 17.7 Å². The molecule has 0 spiro atoms. The van der Waals surface area contributed by atoms with Crippen LogP contribution in [0.2, 0.25) is 5.02 Å². The molecule has 1 aliphatic heterocycles. The predicted molar refractivity (Wildman–Crippen MR) is 223 cm³/mol. The van der Waals surface area contributed by atoms with Crippen molar-refractivity contribution in [1.29, 1.82) is 0 Å². The van der Waals surface area contributed by atoms with E-state index in [0.717, 1.165) is 43.2 Å². The summed E-state index contributed by atoms with van der Waals surface area (Å²) in [5.41, 5.74) is 3.33. The van der Waals surface area contributed by atoms with Crippen LogP contribution in [0.4, 0.5) is 16.2 Å². The lowest BCUT2D eigenvalue weighted by Gasteiger charge is -2.31. The van der Waals surface area contributed by atoms with Gasteiger partial charge in [0.05, 0.1) is 17.8 Å². The maximum atomic E-state index is 14.2. The summed E-state index contributed by atoms with van der Waals surface area (Å²) in [6, 6.07) is 14.0. The number of urea groups is 1. The standard InChI is InChI=1S/C45H55ClN4O7/c1-9-35(57-36-24-19-29(44(4,5)10-2)25-32(36)45(6,7)11-3)40(52)47-30-20-23-33(46)34(26-30)48-41(53)38(39(51)28-17-21-31(56-8)22-18-28)50-42(54)37(49-43(50)55)27-15-13-12-14-16-27/h17-26,35,38H,9-16H2,1-8H3,(H,47,52)(H,48,53)(H,49,55). The smallest absolute Gasteiger partial charge is 0.330 e. The molecule has 3 aromatic carbocycles. The van der Waals surface area contributed by atoms with Crippen LogP contribution < -0.4 is 25.4 Å². The van der Waals surface area contributed by atoms with E-state index in [1.165, 1.54) is 36.9 Å². The molecule has 1 heterocycles. The molecule has 3 N–H and O–H groups in total. The van der Waals surface area contributed by atoms with Gasteiger partial charge in [-0.25, -0.2) is 9.69 Å². The van der Waals surface area contributed by atoms with Crippen molar-refractivity contribution in [3.63, 3.8) is 0 Å². The summed E-state index contributed by atoms with van der Waals surface area (Å²) in [6.07, 6.45) is 5.38. The number of carbonyl (C=O) groups excluding carboxylic acids is 5. The first-order chi connectivity index (χ1) is 27.0. The van der Waals surface area contributed by atoms with E-state index < -0.39 is 41.7 Å². The van der Waals surface area contributed by atoms with E-state index in [-0.39, 0.29) is 32.8 Å². The molecule has 304 valence electrons. The molecular formula is C45H55ClN4O7. The van der Waals surface area contributed by atoms with Crippen LogP contribution in [0.1, 0.15) is 121 Å². The summed E-state index contributed by atoms with van der Waals surface area (Å²) < 4.78 is 11.7. The van der Waals surface area contributed by atoms with Crippen LogP contribution in [0.3, 0.4) is 0 Å². The zero-order valence-electron chi connectivity index (χ0n) is 34.3. The molecule has 1 aliphatic carbocycles. The lowest BCUT2D eigenvalue weighted by Crippen LogP contribution is -2.52. The number of nitrogens with zero attached hydrogens (tertiary/aromatic N) is 1. The third kappa shape index (κ3) is 9.52. The number of allylic oxidation sites excluding steroid dienone is 1. The van der Waals surface area contributed by atoms with Crippen LogP contribution in [-0.4, -0.2) is 53.7 Å². The minimum absolute atomic E-state index is 0.0326. The number of halogens is 1. The number of hydrogen-bond donors (Lipinski definition) is 3. The van der Waals surface area contributed by atoms with Crippen LogP contribution in [0.25, 0.3) is 0 Å². The van der Waals surface area contributed by atoms with Crippen molar-refractivity contribution in [2.24, 2.45) is 0 Å². The Morgan fingerprint density at radius 2 is 1.51 bits per heavy atom. The molecule has 12 heteroatoms. The first kappa shape index (κ1) is 43.0. The van der Waals surface area contributed by atoms with E-state index in [1.54, 1.807) is 18.2 Å². The lowest BCUT2D eigenvalue weighted by atomic mass is 9.76. The van der Waals surface area contributed by atoms with Gasteiger partial charge in [0.2, 0.25) is 0 Å². The number of anilines is 2. The van der Waals surface area contributed by atoms with Crippen molar-refractivity contribution in [2.45, 2.75) is 123 Å². The molecule has 2 fully saturated rings. The van der Waals surface area contributed by atoms with Crippen LogP contribution in [0.5, 0.6) is 11.5 Å². The summed E-state index contributed by atoms with van der Waals surface area (Å²) in [4.78, 5) is 70.0. The van der Waals surface area contributed by atoms with Crippen molar-refractivity contribution >= 4 is 52.5 Å². The Balaban J connectivity index is 1.41. The zero-order chi connectivity index (χ0) is 41.7. The second kappa shape index (κ2) is 18.0. The summed E-state index contributed by atoms with van der Waals surface area (Å²) >= 11 is 6.56. The van der Waals surface area contributed by atoms with Gasteiger partial charge < -0.3 is 25.4 Å². The minimum atomic E-state index is -1.88. The molecule has 1 saturated heterocycles. The first-order valence-corrected chi connectivity index (χ1v) is 20.2. The Bertz CT molecular complexity index is 2050. The monoisotopic (exact) mass is 798 g/mol. The number of benzene rings is 3. The summed E-state index contributed by atoms with van der Waals surface area (Å²) in [5, 5.41) is 8.27. The first-order valence-electron chi connectivity index (χ1n) is 19.8. The Labute approximate surface area is 340 Å². The molecule has 2 aliphatic rings. The van der Waals surface area contributed by atoms with Gasteiger partial charge in [-0.1, -0.05) is 78.6 Å². The summed E-state index contributed by atoms with van der Waals surface area (Å²) in [7, 11) is 1.48. The van der Waals surface area contributed by atoms with Crippen LogP contribution in [0.15, 0.2) is 71.9 Å². The van der Waals surface area contributed by atoms with E-state index in [1.807, 2.05) is 13.0 Å². The average Bonchev–Trinajstić information content (AvgIpc) is 3.50. The SMILES string of the molecule is CCC(Oc1ccc(C(C)(C)CC)cc1C(C)(C)CC)C(=O)Nc1ccc(Cl)c(NC(=O)C(C(=O)c2ccc(OC)cc2)N2C(=O)NC(=C3CCCCC3)C2=O)c1. The van der Waals surface area contributed by atoms with Gasteiger partial charge in [-0.15, -0.1) is 0 Å². The fourth-order valence-corrected chi connectivity index (χ4v) is 7.14. The minimum Gasteiger partial charge on any atom is -0.497 e. The average molecular weight is 799 g/mol. The molecule has 0 radical (unpaired) electrons. The van der Waals surface area contributed by atoms with Crippen molar-refractivity contribution in [2.75, 3.05) is 17.7 Å².